The minimum absolute atomic E-state index is 0.127. The molecule has 0 N–H and O–H groups in total. The molecule has 3 aliphatic heterocycles. The van der Waals surface area contributed by atoms with Gasteiger partial charge in [0.15, 0.2) is 5.82 Å². The summed E-state index contributed by atoms with van der Waals surface area (Å²) in [5.41, 5.74) is 0. The molecule has 4 rings (SSSR count). The standard InChI is InChI=1S/C14H16N4O5/c1-7-15-6-10(18(21)22)16(7)4-5-17-13(19)11-8-2-3-9(23-8)12(11)14(17)20/h6,8-9,11-12H,2-5H2,1H3/t8-,9+,11?,12?. The van der Waals surface area contributed by atoms with E-state index in [9.17, 15) is 19.7 Å². The lowest BCUT2D eigenvalue weighted by Gasteiger charge is -2.16. The van der Waals surface area contributed by atoms with Crippen LogP contribution in [0.2, 0.25) is 0 Å². The van der Waals surface area contributed by atoms with Crippen molar-refractivity contribution in [2.75, 3.05) is 6.54 Å². The maximum Gasteiger partial charge on any atom is 0.342 e. The van der Waals surface area contributed by atoms with Crippen LogP contribution in [0.25, 0.3) is 0 Å². The van der Waals surface area contributed by atoms with Crippen LogP contribution >= 0.6 is 0 Å². The van der Waals surface area contributed by atoms with Gasteiger partial charge in [-0.25, -0.2) is 9.55 Å². The van der Waals surface area contributed by atoms with Crippen LogP contribution in [0.1, 0.15) is 18.7 Å². The number of fused-ring (bicyclic) bond motifs is 5. The van der Waals surface area contributed by atoms with Crippen LogP contribution in [0.5, 0.6) is 0 Å². The molecule has 2 amide bonds. The maximum absolute atomic E-state index is 12.5. The maximum atomic E-state index is 12.5. The van der Waals surface area contributed by atoms with E-state index in [4.69, 9.17) is 4.74 Å². The minimum Gasteiger partial charge on any atom is -0.373 e. The lowest BCUT2D eigenvalue weighted by atomic mass is 9.81. The largest absolute Gasteiger partial charge is 0.373 e. The van der Waals surface area contributed by atoms with Crippen LogP contribution in [-0.4, -0.2) is 49.9 Å². The van der Waals surface area contributed by atoms with E-state index in [-0.39, 0.29) is 54.8 Å². The summed E-state index contributed by atoms with van der Waals surface area (Å²) in [6, 6.07) is 0. The molecular formula is C14H16N4O5. The monoisotopic (exact) mass is 320 g/mol. The summed E-state index contributed by atoms with van der Waals surface area (Å²) in [5.74, 6) is -0.773. The van der Waals surface area contributed by atoms with Gasteiger partial charge in [-0.05, 0) is 17.8 Å². The van der Waals surface area contributed by atoms with Crippen LogP contribution < -0.4 is 0 Å². The van der Waals surface area contributed by atoms with Gasteiger partial charge in [0.25, 0.3) is 0 Å². The highest BCUT2D eigenvalue weighted by atomic mass is 16.6. The Bertz CT molecular complexity index is 686. The van der Waals surface area contributed by atoms with E-state index in [1.807, 2.05) is 0 Å². The number of nitro groups is 1. The quantitative estimate of drug-likeness (QED) is 0.447. The first kappa shape index (κ1) is 14.3. The van der Waals surface area contributed by atoms with Crippen LogP contribution in [-0.2, 0) is 20.9 Å². The first-order valence-electron chi connectivity index (χ1n) is 7.66. The fourth-order valence-corrected chi connectivity index (χ4v) is 4.07. The number of rotatable bonds is 4. The number of ether oxygens (including phenoxy) is 1. The Kier molecular flexibility index (Phi) is 3.02. The minimum atomic E-state index is -0.517. The van der Waals surface area contributed by atoms with Crippen LogP contribution in [0.15, 0.2) is 6.20 Å². The van der Waals surface area contributed by atoms with E-state index in [0.29, 0.717) is 5.82 Å². The van der Waals surface area contributed by atoms with Gasteiger partial charge in [-0.15, -0.1) is 0 Å². The van der Waals surface area contributed by atoms with Gasteiger partial charge >= 0.3 is 5.82 Å². The van der Waals surface area contributed by atoms with E-state index < -0.39 is 4.92 Å². The summed E-state index contributed by atoms with van der Waals surface area (Å²) >= 11 is 0. The molecule has 0 spiro atoms. The molecule has 3 saturated heterocycles. The molecule has 3 fully saturated rings. The van der Waals surface area contributed by atoms with E-state index in [0.717, 1.165) is 12.8 Å². The van der Waals surface area contributed by atoms with Gasteiger partial charge in [-0.2, -0.15) is 0 Å². The normalized spacial score (nSPS) is 32.0. The number of aromatic nitrogens is 2. The van der Waals surface area contributed by atoms with Crippen molar-refractivity contribution < 1.29 is 19.2 Å². The number of aryl methyl sites for hydroxylation is 1. The molecular weight excluding hydrogens is 304 g/mol. The summed E-state index contributed by atoms with van der Waals surface area (Å²) < 4.78 is 7.09. The molecule has 1 aromatic rings. The molecule has 0 radical (unpaired) electrons. The van der Waals surface area contributed by atoms with Crippen molar-refractivity contribution in [3.8, 4) is 0 Å². The average molecular weight is 320 g/mol. The molecule has 4 heterocycles. The molecule has 122 valence electrons. The van der Waals surface area contributed by atoms with Crippen molar-refractivity contribution in [1.29, 1.82) is 0 Å². The zero-order valence-corrected chi connectivity index (χ0v) is 12.5. The van der Waals surface area contributed by atoms with Gasteiger partial charge in [0, 0.05) is 6.92 Å². The Balaban J connectivity index is 1.52. The second-order valence-electron chi connectivity index (χ2n) is 6.24. The van der Waals surface area contributed by atoms with Crippen LogP contribution in [0, 0.1) is 28.9 Å². The molecule has 2 bridgehead atoms. The fourth-order valence-electron chi connectivity index (χ4n) is 4.07. The third-order valence-corrected chi connectivity index (χ3v) is 5.14. The number of nitrogens with zero attached hydrogens (tertiary/aromatic N) is 4. The Morgan fingerprint density at radius 3 is 2.43 bits per heavy atom. The molecule has 2 unspecified atom stereocenters. The number of hydrogen-bond acceptors (Lipinski definition) is 6. The highest BCUT2D eigenvalue weighted by molar-refractivity contribution is 6.06. The van der Waals surface area contributed by atoms with E-state index in [1.54, 1.807) is 6.92 Å². The van der Waals surface area contributed by atoms with E-state index in [1.165, 1.54) is 15.7 Å². The predicted octanol–water partition coefficient (Wildman–Crippen LogP) is 0.262. The molecule has 0 aliphatic carbocycles. The first-order chi connectivity index (χ1) is 11.0. The molecule has 4 atom stereocenters. The number of carbonyl (C=O) groups is 2. The smallest absolute Gasteiger partial charge is 0.342 e. The van der Waals surface area contributed by atoms with Crippen molar-refractivity contribution in [3.63, 3.8) is 0 Å². The summed E-state index contributed by atoms with van der Waals surface area (Å²) in [7, 11) is 0. The molecule has 3 aliphatic rings. The SMILES string of the molecule is Cc1ncc([N+](=O)[O-])n1CCN1C(=O)C2C(C1=O)[C@H]1CC[C@@H]2O1. The lowest BCUT2D eigenvalue weighted by molar-refractivity contribution is -0.392. The molecule has 0 aromatic carbocycles. The molecule has 0 saturated carbocycles. The lowest BCUT2D eigenvalue weighted by Crippen LogP contribution is -2.36. The summed E-state index contributed by atoms with van der Waals surface area (Å²) in [6.45, 7) is 1.96. The number of imide groups is 1. The Morgan fingerprint density at radius 1 is 1.26 bits per heavy atom. The number of likely N-dealkylation sites (tertiary alicyclic amines) is 1. The van der Waals surface area contributed by atoms with Gasteiger partial charge in [-0.3, -0.25) is 14.5 Å². The van der Waals surface area contributed by atoms with E-state index >= 15 is 0 Å². The Labute approximate surface area is 131 Å². The fraction of sp³-hybridized carbons (Fsp3) is 0.643. The van der Waals surface area contributed by atoms with Gasteiger partial charge < -0.3 is 14.9 Å². The van der Waals surface area contributed by atoms with Crippen molar-refractivity contribution in [2.24, 2.45) is 11.8 Å². The van der Waals surface area contributed by atoms with Gasteiger partial charge in [0.1, 0.15) is 12.7 Å². The average Bonchev–Trinajstić information content (AvgIpc) is 3.24. The topological polar surface area (TPSA) is 108 Å². The number of imidazole rings is 1. The number of hydrogen-bond donors (Lipinski definition) is 0. The molecule has 9 heteroatoms. The van der Waals surface area contributed by atoms with Crippen LogP contribution in [0.4, 0.5) is 5.82 Å². The van der Waals surface area contributed by atoms with Crippen LogP contribution in [0.3, 0.4) is 0 Å². The zero-order valence-electron chi connectivity index (χ0n) is 12.5. The third kappa shape index (κ3) is 1.92. The molecule has 9 nitrogen and oxygen atoms in total. The van der Waals surface area contributed by atoms with Gasteiger partial charge in [-0.1, -0.05) is 0 Å². The van der Waals surface area contributed by atoms with Crippen molar-refractivity contribution in [2.45, 2.75) is 38.5 Å². The zero-order chi connectivity index (χ0) is 16.3. The van der Waals surface area contributed by atoms with Crippen molar-refractivity contribution in [1.82, 2.24) is 14.5 Å². The molecule has 23 heavy (non-hydrogen) atoms. The third-order valence-electron chi connectivity index (χ3n) is 5.14. The summed E-state index contributed by atoms with van der Waals surface area (Å²) in [4.78, 5) is 40.7. The second-order valence-corrected chi connectivity index (χ2v) is 6.24. The summed E-state index contributed by atoms with van der Waals surface area (Å²) in [5, 5.41) is 11.0. The highest BCUT2D eigenvalue weighted by Gasteiger charge is 2.62. The first-order valence-corrected chi connectivity index (χ1v) is 7.66. The van der Waals surface area contributed by atoms with Crippen molar-refractivity contribution in [3.05, 3.63) is 22.1 Å². The Hall–Kier alpha value is -2.29. The number of amides is 2. The summed E-state index contributed by atoms with van der Waals surface area (Å²) in [6.07, 6.45) is 2.55. The van der Waals surface area contributed by atoms with E-state index in [2.05, 4.69) is 4.98 Å². The van der Waals surface area contributed by atoms with Gasteiger partial charge in [0.05, 0.1) is 30.6 Å². The molecule has 1 aromatic heterocycles. The second kappa shape index (κ2) is 4.85. The van der Waals surface area contributed by atoms with Gasteiger partial charge in [0.2, 0.25) is 11.8 Å². The van der Waals surface area contributed by atoms with Crippen molar-refractivity contribution >= 4 is 17.6 Å². The highest BCUT2D eigenvalue weighted by Crippen LogP contribution is 2.48. The predicted molar refractivity (Wildman–Crippen MR) is 75.2 cm³/mol. The Morgan fingerprint density at radius 2 is 1.87 bits per heavy atom. The number of carbonyl (C=O) groups excluding carboxylic acids is 2.